The Kier molecular flexibility index (Phi) is 5.69. The molecule has 0 saturated heterocycles. The number of halogens is 1. The van der Waals surface area contributed by atoms with Crippen molar-refractivity contribution in [2.45, 2.75) is 13.8 Å². The van der Waals surface area contributed by atoms with Crippen molar-refractivity contribution in [3.05, 3.63) is 35.4 Å². The van der Waals surface area contributed by atoms with E-state index in [0.29, 0.717) is 0 Å². The summed E-state index contributed by atoms with van der Waals surface area (Å²) in [6, 6.07) is 8.36. The largest absolute Gasteiger partial charge is 0.0901 e. The van der Waals surface area contributed by atoms with Crippen LogP contribution in [0, 0.1) is 13.8 Å². The minimum absolute atomic E-state index is 1.37. The summed E-state index contributed by atoms with van der Waals surface area (Å²) >= 11 is 2.15. The Bertz CT molecular complexity index is 161. The van der Waals surface area contributed by atoms with E-state index in [9.17, 15) is 0 Å². The van der Waals surface area contributed by atoms with Gasteiger partial charge in [0.1, 0.15) is 0 Å². The van der Waals surface area contributed by atoms with Crippen molar-refractivity contribution >= 4 is 22.6 Å². The topological polar surface area (TPSA) is 0 Å². The maximum atomic E-state index is 2.15. The monoisotopic (exact) mass is 248 g/mol. The summed E-state index contributed by atoms with van der Waals surface area (Å²) in [6.07, 6.45) is 0. The molecule has 10 heavy (non-hydrogen) atoms. The summed E-state index contributed by atoms with van der Waals surface area (Å²) in [7, 11) is 0. The fourth-order valence-corrected chi connectivity index (χ4v) is 0.663. The van der Waals surface area contributed by atoms with Gasteiger partial charge in [0.25, 0.3) is 0 Å². The van der Waals surface area contributed by atoms with Gasteiger partial charge in [-0.25, -0.2) is 0 Å². The van der Waals surface area contributed by atoms with Crippen LogP contribution in [-0.4, -0.2) is 4.93 Å². The van der Waals surface area contributed by atoms with Crippen LogP contribution in [0.25, 0.3) is 0 Å². The third-order valence-electron chi connectivity index (χ3n) is 1.43. The Morgan fingerprint density at radius 3 is 1.40 bits per heavy atom. The molecular weight excluding hydrogens is 235 g/mol. The van der Waals surface area contributed by atoms with Gasteiger partial charge in [0.05, 0.1) is 0 Å². The SMILES string of the molecule is CI.Cc1ccccc1C. The van der Waals surface area contributed by atoms with Gasteiger partial charge in [-0.2, -0.15) is 0 Å². The Hall–Kier alpha value is -0.0500. The lowest BCUT2D eigenvalue weighted by molar-refractivity contribution is 1.34. The van der Waals surface area contributed by atoms with Crippen LogP contribution in [0.15, 0.2) is 24.3 Å². The van der Waals surface area contributed by atoms with Crippen molar-refractivity contribution in [3.63, 3.8) is 0 Å². The second-order valence-corrected chi connectivity index (χ2v) is 2.08. The average molecular weight is 248 g/mol. The molecule has 0 aliphatic carbocycles. The number of hydrogen-bond acceptors (Lipinski definition) is 0. The molecule has 0 fully saturated rings. The molecule has 1 rings (SSSR count). The summed E-state index contributed by atoms with van der Waals surface area (Å²) in [4.78, 5) is 1.97. The molecule has 0 aliphatic heterocycles. The molecule has 0 atom stereocenters. The minimum atomic E-state index is 1.37. The lowest BCUT2D eigenvalue weighted by atomic mass is 10.1. The number of hydrogen-bond donors (Lipinski definition) is 0. The van der Waals surface area contributed by atoms with Crippen LogP contribution in [-0.2, 0) is 0 Å². The first kappa shape index (κ1) is 9.95. The van der Waals surface area contributed by atoms with E-state index in [1.54, 1.807) is 0 Å². The summed E-state index contributed by atoms with van der Waals surface area (Å²) in [5.74, 6) is 0. The molecule has 0 saturated carbocycles. The van der Waals surface area contributed by atoms with E-state index in [4.69, 9.17) is 0 Å². The molecule has 0 unspecified atom stereocenters. The van der Waals surface area contributed by atoms with Crippen molar-refractivity contribution in [3.8, 4) is 0 Å². The van der Waals surface area contributed by atoms with Gasteiger partial charge in [-0.05, 0) is 29.9 Å². The fraction of sp³-hybridized carbons (Fsp3) is 0.333. The second-order valence-electron chi connectivity index (χ2n) is 2.08. The molecule has 1 aromatic rings. The smallest absolute Gasteiger partial charge is 0.0121 e. The van der Waals surface area contributed by atoms with Crippen molar-refractivity contribution in [2.24, 2.45) is 0 Å². The summed E-state index contributed by atoms with van der Waals surface area (Å²) in [6.45, 7) is 4.24. The molecule has 0 spiro atoms. The maximum Gasteiger partial charge on any atom is -0.0121 e. The summed E-state index contributed by atoms with van der Waals surface area (Å²) < 4.78 is 0. The molecular formula is C9H13I. The zero-order chi connectivity index (χ0) is 7.98. The van der Waals surface area contributed by atoms with Crippen LogP contribution in [0.2, 0.25) is 0 Å². The van der Waals surface area contributed by atoms with Crippen molar-refractivity contribution in [1.29, 1.82) is 0 Å². The van der Waals surface area contributed by atoms with Gasteiger partial charge in [-0.1, -0.05) is 46.9 Å². The van der Waals surface area contributed by atoms with Gasteiger partial charge in [-0.3, -0.25) is 0 Å². The van der Waals surface area contributed by atoms with Crippen LogP contribution in [0.4, 0.5) is 0 Å². The molecule has 0 N–H and O–H groups in total. The van der Waals surface area contributed by atoms with Gasteiger partial charge in [0.2, 0.25) is 0 Å². The molecule has 0 bridgehead atoms. The predicted octanol–water partition coefficient (Wildman–Crippen LogP) is 3.35. The van der Waals surface area contributed by atoms with Gasteiger partial charge in [0, 0.05) is 0 Å². The maximum absolute atomic E-state index is 2.15. The van der Waals surface area contributed by atoms with Gasteiger partial charge in [-0.15, -0.1) is 0 Å². The highest BCUT2D eigenvalue weighted by molar-refractivity contribution is 14.1. The standard InChI is InChI=1S/C8H10.CH3I/c1-7-5-3-4-6-8(7)2;1-2/h3-6H,1-2H3;1H3. The Morgan fingerprint density at radius 1 is 0.900 bits per heavy atom. The zero-order valence-corrected chi connectivity index (χ0v) is 8.84. The summed E-state index contributed by atoms with van der Waals surface area (Å²) in [5.41, 5.74) is 2.74. The number of aryl methyl sites for hydroxylation is 2. The molecule has 0 aliphatic rings. The third kappa shape index (κ3) is 3.20. The van der Waals surface area contributed by atoms with Crippen LogP contribution in [0.1, 0.15) is 11.1 Å². The molecule has 0 amide bonds. The second kappa shape index (κ2) is 5.71. The molecule has 0 heterocycles. The first-order chi connectivity index (χ1) is 4.80. The number of alkyl halides is 1. The Labute approximate surface area is 76.8 Å². The molecule has 0 nitrogen and oxygen atoms in total. The van der Waals surface area contributed by atoms with Crippen LogP contribution >= 0.6 is 22.6 Å². The fourth-order valence-electron chi connectivity index (χ4n) is 0.663. The van der Waals surface area contributed by atoms with Crippen LogP contribution in [0.3, 0.4) is 0 Å². The van der Waals surface area contributed by atoms with Crippen molar-refractivity contribution < 1.29 is 0 Å². The highest BCUT2D eigenvalue weighted by atomic mass is 127. The quantitative estimate of drug-likeness (QED) is 0.488. The Morgan fingerprint density at radius 2 is 1.20 bits per heavy atom. The first-order valence-electron chi connectivity index (χ1n) is 3.21. The highest BCUT2D eigenvalue weighted by Gasteiger charge is 1.83. The van der Waals surface area contributed by atoms with E-state index in [1.807, 2.05) is 4.93 Å². The van der Waals surface area contributed by atoms with E-state index in [1.165, 1.54) is 11.1 Å². The van der Waals surface area contributed by atoms with Gasteiger partial charge >= 0.3 is 0 Å². The first-order valence-corrected chi connectivity index (χ1v) is 5.36. The Balaban J connectivity index is 0.000000371. The van der Waals surface area contributed by atoms with Crippen LogP contribution < -0.4 is 0 Å². The van der Waals surface area contributed by atoms with Crippen LogP contribution in [0.5, 0.6) is 0 Å². The number of benzene rings is 1. The van der Waals surface area contributed by atoms with Gasteiger partial charge in [0.15, 0.2) is 0 Å². The van der Waals surface area contributed by atoms with E-state index in [-0.39, 0.29) is 0 Å². The zero-order valence-electron chi connectivity index (χ0n) is 6.69. The highest BCUT2D eigenvalue weighted by Crippen LogP contribution is 2.02. The molecule has 1 heteroatoms. The minimum Gasteiger partial charge on any atom is -0.0901 e. The average Bonchev–Trinajstić information content (AvgIpc) is 2.00. The summed E-state index contributed by atoms with van der Waals surface area (Å²) in [5, 5.41) is 0. The lowest BCUT2D eigenvalue weighted by Crippen LogP contribution is -1.74. The number of rotatable bonds is 0. The van der Waals surface area contributed by atoms with Crippen molar-refractivity contribution in [2.75, 3.05) is 4.93 Å². The predicted molar refractivity (Wildman–Crippen MR) is 55.9 cm³/mol. The molecule has 0 aromatic heterocycles. The normalized spacial score (nSPS) is 8.00. The molecule has 1 aromatic carbocycles. The van der Waals surface area contributed by atoms with E-state index in [2.05, 4.69) is 60.7 Å². The van der Waals surface area contributed by atoms with Crippen molar-refractivity contribution in [1.82, 2.24) is 0 Å². The van der Waals surface area contributed by atoms with Gasteiger partial charge < -0.3 is 0 Å². The van der Waals surface area contributed by atoms with E-state index >= 15 is 0 Å². The van der Waals surface area contributed by atoms with E-state index < -0.39 is 0 Å². The molecule has 56 valence electrons. The lowest BCUT2D eigenvalue weighted by Gasteiger charge is -1.93. The molecule has 0 radical (unpaired) electrons. The third-order valence-corrected chi connectivity index (χ3v) is 1.43. The van der Waals surface area contributed by atoms with E-state index in [0.717, 1.165) is 0 Å².